The summed E-state index contributed by atoms with van der Waals surface area (Å²) in [5, 5.41) is 2.81. The quantitative estimate of drug-likeness (QED) is 0.871. The van der Waals surface area contributed by atoms with Crippen molar-refractivity contribution in [1.82, 2.24) is 9.88 Å². The number of pyridine rings is 1. The lowest BCUT2D eigenvalue weighted by atomic mass is 10.4. The number of nitrogens with zero attached hydrogens (tertiary/aromatic N) is 2. The molecule has 0 unspecified atom stereocenters. The monoisotopic (exact) mass is 283 g/mol. The zero-order valence-electron chi connectivity index (χ0n) is 10.8. The summed E-state index contributed by atoms with van der Waals surface area (Å²) in [6, 6.07) is 3.04. The maximum atomic E-state index is 11.9. The van der Waals surface area contributed by atoms with Gasteiger partial charge in [0, 0.05) is 25.5 Å². The number of amides is 1. The standard InChI is InChI=1S/C12H17N3O3S/c1-19(17,18)10-5-4-6-13-12(10)14-9-11(16)15-7-2-3-8-15/h4-6H,2-3,7-9H2,1H3,(H,13,14). The van der Waals surface area contributed by atoms with Crippen LogP contribution >= 0.6 is 0 Å². The number of aromatic nitrogens is 1. The molecule has 1 aromatic rings. The van der Waals surface area contributed by atoms with Gasteiger partial charge in [0.25, 0.3) is 0 Å². The number of carbonyl (C=O) groups is 1. The minimum atomic E-state index is -3.35. The van der Waals surface area contributed by atoms with Gasteiger partial charge in [0.2, 0.25) is 5.91 Å². The molecule has 0 bridgehead atoms. The van der Waals surface area contributed by atoms with Crippen LogP contribution in [-0.2, 0) is 14.6 Å². The molecule has 1 saturated heterocycles. The Morgan fingerprint density at radius 2 is 2.11 bits per heavy atom. The van der Waals surface area contributed by atoms with E-state index in [-0.39, 0.29) is 23.2 Å². The van der Waals surface area contributed by atoms with Gasteiger partial charge in [0.15, 0.2) is 9.84 Å². The molecular weight excluding hydrogens is 266 g/mol. The molecule has 1 amide bonds. The van der Waals surface area contributed by atoms with E-state index < -0.39 is 9.84 Å². The Bertz CT molecular complexity index is 565. The summed E-state index contributed by atoms with van der Waals surface area (Å²) >= 11 is 0. The molecule has 1 aliphatic heterocycles. The molecule has 0 radical (unpaired) electrons. The summed E-state index contributed by atoms with van der Waals surface area (Å²) in [4.78, 5) is 17.7. The van der Waals surface area contributed by atoms with Crippen LogP contribution in [-0.4, -0.2) is 50.1 Å². The van der Waals surface area contributed by atoms with Crippen LogP contribution < -0.4 is 5.32 Å². The zero-order valence-corrected chi connectivity index (χ0v) is 11.6. The number of hydrogen-bond donors (Lipinski definition) is 1. The van der Waals surface area contributed by atoms with Crippen molar-refractivity contribution in [3.8, 4) is 0 Å². The second-order valence-electron chi connectivity index (χ2n) is 4.56. The van der Waals surface area contributed by atoms with Crippen LogP contribution in [0, 0.1) is 0 Å². The molecule has 104 valence electrons. The second-order valence-corrected chi connectivity index (χ2v) is 6.55. The predicted molar refractivity (Wildman–Crippen MR) is 71.7 cm³/mol. The van der Waals surface area contributed by atoms with E-state index in [0.717, 1.165) is 32.2 Å². The van der Waals surface area contributed by atoms with Gasteiger partial charge in [0.1, 0.15) is 10.7 Å². The zero-order chi connectivity index (χ0) is 13.9. The SMILES string of the molecule is CS(=O)(=O)c1cccnc1NCC(=O)N1CCCC1. The van der Waals surface area contributed by atoms with Crippen LogP contribution in [0.4, 0.5) is 5.82 Å². The van der Waals surface area contributed by atoms with Crippen molar-refractivity contribution in [3.63, 3.8) is 0 Å². The molecule has 0 atom stereocenters. The van der Waals surface area contributed by atoms with E-state index in [2.05, 4.69) is 10.3 Å². The van der Waals surface area contributed by atoms with Crippen molar-refractivity contribution in [2.75, 3.05) is 31.2 Å². The lowest BCUT2D eigenvalue weighted by Gasteiger charge is -2.16. The largest absolute Gasteiger partial charge is 0.360 e. The van der Waals surface area contributed by atoms with E-state index >= 15 is 0 Å². The molecule has 1 N–H and O–H groups in total. The van der Waals surface area contributed by atoms with Gasteiger partial charge in [-0.15, -0.1) is 0 Å². The van der Waals surface area contributed by atoms with Crippen LogP contribution in [0.15, 0.2) is 23.2 Å². The molecule has 1 aromatic heterocycles. The molecule has 0 spiro atoms. The fraction of sp³-hybridized carbons (Fsp3) is 0.500. The maximum absolute atomic E-state index is 11.9. The molecule has 2 rings (SSSR count). The third-order valence-electron chi connectivity index (χ3n) is 3.04. The molecule has 0 saturated carbocycles. The normalized spacial score (nSPS) is 15.5. The highest BCUT2D eigenvalue weighted by molar-refractivity contribution is 7.90. The first-order valence-electron chi connectivity index (χ1n) is 6.15. The number of likely N-dealkylation sites (tertiary alicyclic amines) is 1. The van der Waals surface area contributed by atoms with Crippen molar-refractivity contribution >= 4 is 21.6 Å². The summed E-state index contributed by atoms with van der Waals surface area (Å²) < 4.78 is 23.2. The van der Waals surface area contributed by atoms with E-state index in [4.69, 9.17) is 0 Å². The fourth-order valence-corrected chi connectivity index (χ4v) is 2.86. The molecule has 0 aliphatic carbocycles. The number of nitrogens with one attached hydrogen (secondary N) is 1. The highest BCUT2D eigenvalue weighted by Gasteiger charge is 2.19. The summed E-state index contributed by atoms with van der Waals surface area (Å²) in [5.74, 6) is 0.208. The Morgan fingerprint density at radius 1 is 1.42 bits per heavy atom. The van der Waals surface area contributed by atoms with Gasteiger partial charge >= 0.3 is 0 Å². The molecular formula is C12H17N3O3S. The first-order chi connectivity index (χ1) is 8.98. The summed E-state index contributed by atoms with van der Waals surface area (Å²) in [6.07, 6.45) is 4.68. The van der Waals surface area contributed by atoms with Crippen molar-refractivity contribution in [3.05, 3.63) is 18.3 Å². The summed E-state index contributed by atoms with van der Waals surface area (Å²) in [6.45, 7) is 1.63. The van der Waals surface area contributed by atoms with E-state index in [9.17, 15) is 13.2 Å². The van der Waals surface area contributed by atoms with Crippen LogP contribution in [0.3, 0.4) is 0 Å². The Balaban J connectivity index is 2.05. The van der Waals surface area contributed by atoms with Gasteiger partial charge in [-0.05, 0) is 25.0 Å². The van der Waals surface area contributed by atoms with E-state index in [1.54, 1.807) is 11.0 Å². The van der Waals surface area contributed by atoms with Gasteiger partial charge in [-0.3, -0.25) is 4.79 Å². The van der Waals surface area contributed by atoms with Gasteiger partial charge in [-0.25, -0.2) is 13.4 Å². The van der Waals surface area contributed by atoms with Gasteiger partial charge < -0.3 is 10.2 Å². The first kappa shape index (κ1) is 13.8. The third-order valence-corrected chi connectivity index (χ3v) is 4.16. The average molecular weight is 283 g/mol. The average Bonchev–Trinajstić information content (AvgIpc) is 2.89. The number of sulfone groups is 1. The number of rotatable bonds is 4. The Morgan fingerprint density at radius 3 is 2.74 bits per heavy atom. The Kier molecular flexibility index (Phi) is 4.04. The first-order valence-corrected chi connectivity index (χ1v) is 8.04. The smallest absolute Gasteiger partial charge is 0.241 e. The summed E-state index contributed by atoms with van der Waals surface area (Å²) in [5.41, 5.74) is 0. The molecule has 0 aromatic carbocycles. The van der Waals surface area contributed by atoms with Crippen LogP contribution in [0.25, 0.3) is 0 Å². The second kappa shape index (κ2) is 5.56. The van der Waals surface area contributed by atoms with Gasteiger partial charge in [-0.1, -0.05) is 0 Å². The molecule has 19 heavy (non-hydrogen) atoms. The van der Waals surface area contributed by atoms with E-state index in [0.29, 0.717) is 0 Å². The van der Waals surface area contributed by atoms with Crippen LogP contribution in [0.5, 0.6) is 0 Å². The molecule has 7 heteroatoms. The third kappa shape index (κ3) is 3.44. The molecule has 6 nitrogen and oxygen atoms in total. The number of carbonyl (C=O) groups excluding carboxylic acids is 1. The fourth-order valence-electron chi connectivity index (χ4n) is 2.06. The lowest BCUT2D eigenvalue weighted by Crippen LogP contribution is -2.33. The Labute approximate surface area is 112 Å². The van der Waals surface area contributed by atoms with Gasteiger partial charge in [0.05, 0.1) is 6.54 Å². The topological polar surface area (TPSA) is 79.4 Å². The van der Waals surface area contributed by atoms with Crippen LogP contribution in [0.1, 0.15) is 12.8 Å². The lowest BCUT2D eigenvalue weighted by molar-refractivity contribution is -0.128. The Hall–Kier alpha value is -1.63. The predicted octanol–water partition coefficient (Wildman–Crippen LogP) is 0.519. The minimum Gasteiger partial charge on any atom is -0.360 e. The number of anilines is 1. The molecule has 1 fully saturated rings. The molecule has 1 aliphatic rings. The van der Waals surface area contributed by atoms with Gasteiger partial charge in [-0.2, -0.15) is 0 Å². The minimum absolute atomic E-state index is 0.0254. The van der Waals surface area contributed by atoms with Crippen molar-refractivity contribution < 1.29 is 13.2 Å². The van der Waals surface area contributed by atoms with Crippen molar-refractivity contribution in [1.29, 1.82) is 0 Å². The maximum Gasteiger partial charge on any atom is 0.241 e. The van der Waals surface area contributed by atoms with E-state index in [1.165, 1.54) is 12.3 Å². The molecule has 2 heterocycles. The van der Waals surface area contributed by atoms with Crippen molar-refractivity contribution in [2.24, 2.45) is 0 Å². The number of hydrogen-bond acceptors (Lipinski definition) is 5. The summed E-state index contributed by atoms with van der Waals surface area (Å²) in [7, 11) is -3.35. The van der Waals surface area contributed by atoms with Crippen molar-refractivity contribution in [2.45, 2.75) is 17.7 Å². The highest BCUT2D eigenvalue weighted by Crippen LogP contribution is 2.17. The van der Waals surface area contributed by atoms with E-state index in [1.807, 2.05) is 0 Å². The van der Waals surface area contributed by atoms with Crippen LogP contribution in [0.2, 0.25) is 0 Å². The highest BCUT2D eigenvalue weighted by atomic mass is 32.2.